The molecule has 0 aliphatic carbocycles. The minimum atomic E-state index is -1.03. The van der Waals surface area contributed by atoms with Crippen LogP contribution >= 0.6 is 11.3 Å². The van der Waals surface area contributed by atoms with Crippen LogP contribution < -0.4 is 5.32 Å². The molecular formula is C22H22N6O3S. The maximum Gasteiger partial charge on any atom is 0.407 e. The Morgan fingerprint density at radius 3 is 2.84 bits per heavy atom. The predicted octanol–water partition coefficient (Wildman–Crippen LogP) is 3.38. The number of imidazole rings is 1. The lowest BCUT2D eigenvalue weighted by Crippen LogP contribution is -2.31. The summed E-state index contributed by atoms with van der Waals surface area (Å²) < 4.78 is 0. The molecule has 0 saturated heterocycles. The van der Waals surface area contributed by atoms with E-state index in [4.69, 9.17) is 0 Å². The number of nitrogens with zero attached hydrogens (tertiary/aromatic N) is 4. The molecule has 10 heteroatoms. The Morgan fingerprint density at radius 2 is 2.06 bits per heavy atom. The van der Waals surface area contributed by atoms with E-state index in [1.165, 1.54) is 16.2 Å². The van der Waals surface area contributed by atoms with Gasteiger partial charge in [0.2, 0.25) is 0 Å². The molecule has 1 aromatic carbocycles. The third-order valence-corrected chi connectivity index (χ3v) is 5.91. The molecule has 164 valence electrons. The normalized spacial score (nSPS) is 10.9. The first-order chi connectivity index (χ1) is 15.5. The number of aryl methyl sites for hydroxylation is 1. The highest BCUT2D eigenvalue weighted by Gasteiger charge is 2.17. The number of H-pyrrole nitrogens is 1. The first-order valence-electron chi connectivity index (χ1n) is 10.0. The third kappa shape index (κ3) is 5.09. The zero-order valence-electron chi connectivity index (χ0n) is 17.4. The van der Waals surface area contributed by atoms with E-state index in [2.05, 4.69) is 25.3 Å². The number of hydrogen-bond acceptors (Lipinski definition) is 6. The van der Waals surface area contributed by atoms with Crippen LogP contribution in [0, 0.1) is 6.92 Å². The second-order valence-corrected chi connectivity index (χ2v) is 8.21. The van der Waals surface area contributed by atoms with Gasteiger partial charge in [0.05, 0.1) is 22.6 Å². The fraction of sp³-hybridized carbons (Fsp3) is 0.227. The van der Waals surface area contributed by atoms with Gasteiger partial charge in [0.15, 0.2) is 0 Å². The van der Waals surface area contributed by atoms with Gasteiger partial charge in [-0.2, -0.15) is 0 Å². The molecule has 0 radical (unpaired) electrons. The Bertz CT molecular complexity index is 1220. The number of thiazole rings is 1. The minimum absolute atomic E-state index is 0.147. The van der Waals surface area contributed by atoms with Crippen molar-refractivity contribution >= 4 is 34.4 Å². The number of fused-ring (bicyclic) bond motifs is 1. The molecular weight excluding hydrogens is 428 g/mol. The van der Waals surface area contributed by atoms with E-state index >= 15 is 0 Å². The number of aromatic nitrogens is 4. The van der Waals surface area contributed by atoms with Crippen LogP contribution in [0.1, 0.15) is 32.4 Å². The second kappa shape index (κ2) is 9.56. The van der Waals surface area contributed by atoms with Crippen LogP contribution in [0.3, 0.4) is 0 Å². The van der Waals surface area contributed by atoms with Gasteiger partial charge in [0.25, 0.3) is 5.91 Å². The van der Waals surface area contributed by atoms with Crippen molar-refractivity contribution in [1.82, 2.24) is 30.2 Å². The van der Waals surface area contributed by atoms with Crippen molar-refractivity contribution in [1.29, 1.82) is 0 Å². The number of amides is 2. The number of nitrogens with one attached hydrogen (secondary N) is 2. The summed E-state index contributed by atoms with van der Waals surface area (Å²) in [6, 6.07) is 9.42. The average molecular weight is 451 g/mol. The van der Waals surface area contributed by atoms with Crippen molar-refractivity contribution in [3.05, 3.63) is 75.8 Å². The van der Waals surface area contributed by atoms with Gasteiger partial charge >= 0.3 is 6.09 Å². The summed E-state index contributed by atoms with van der Waals surface area (Å²) in [7, 11) is 0. The lowest BCUT2D eigenvalue weighted by molar-refractivity contribution is 0.0946. The van der Waals surface area contributed by atoms with Gasteiger partial charge in [0.1, 0.15) is 11.5 Å². The fourth-order valence-corrected chi connectivity index (χ4v) is 4.00. The van der Waals surface area contributed by atoms with Crippen LogP contribution in [0.4, 0.5) is 4.79 Å². The smallest absolute Gasteiger partial charge is 0.407 e. The van der Waals surface area contributed by atoms with Crippen molar-refractivity contribution in [2.45, 2.75) is 26.4 Å². The highest BCUT2D eigenvalue weighted by atomic mass is 32.1. The number of benzene rings is 1. The molecule has 0 unspecified atom stereocenters. The molecule has 0 bridgehead atoms. The molecule has 0 atom stereocenters. The molecule has 3 aromatic heterocycles. The van der Waals surface area contributed by atoms with Gasteiger partial charge in [-0.1, -0.05) is 12.1 Å². The summed E-state index contributed by atoms with van der Waals surface area (Å²) >= 11 is 1.34. The quantitative estimate of drug-likeness (QED) is 0.378. The van der Waals surface area contributed by atoms with Crippen LogP contribution in [0.25, 0.3) is 11.0 Å². The van der Waals surface area contributed by atoms with Gasteiger partial charge in [-0.25, -0.2) is 14.8 Å². The molecule has 0 fully saturated rings. The number of aromatic amines is 1. The van der Waals surface area contributed by atoms with Crippen LogP contribution in [0.15, 0.2) is 48.1 Å². The van der Waals surface area contributed by atoms with Gasteiger partial charge in [-0.3, -0.25) is 9.78 Å². The zero-order valence-corrected chi connectivity index (χ0v) is 18.2. The number of para-hydroxylation sites is 2. The number of carbonyl (C=O) groups is 2. The van der Waals surface area contributed by atoms with Gasteiger partial charge < -0.3 is 20.3 Å². The van der Waals surface area contributed by atoms with E-state index in [9.17, 15) is 14.7 Å². The van der Waals surface area contributed by atoms with Crippen molar-refractivity contribution in [3.63, 3.8) is 0 Å². The number of carbonyl (C=O) groups excluding carboxylic acids is 1. The predicted molar refractivity (Wildman–Crippen MR) is 120 cm³/mol. The molecule has 4 aromatic rings. The van der Waals surface area contributed by atoms with Crippen molar-refractivity contribution in [3.8, 4) is 0 Å². The second-order valence-electron chi connectivity index (χ2n) is 7.27. The van der Waals surface area contributed by atoms with Crippen LogP contribution in [-0.2, 0) is 19.5 Å². The average Bonchev–Trinajstić information content (AvgIpc) is 3.42. The number of hydrogen-bond donors (Lipinski definition) is 3. The summed E-state index contributed by atoms with van der Waals surface area (Å²) in [5, 5.41) is 14.8. The highest BCUT2D eigenvalue weighted by molar-refractivity contribution is 7.09. The first-order valence-corrected chi connectivity index (χ1v) is 10.9. The summed E-state index contributed by atoms with van der Waals surface area (Å²) in [6.07, 6.45) is 2.82. The first kappa shape index (κ1) is 21.4. The summed E-state index contributed by atoms with van der Waals surface area (Å²) in [5.74, 6) is 0.320. The Morgan fingerprint density at radius 1 is 1.22 bits per heavy atom. The van der Waals surface area contributed by atoms with E-state index in [1.807, 2.05) is 37.3 Å². The minimum Gasteiger partial charge on any atom is -0.465 e. The molecule has 0 aliphatic rings. The van der Waals surface area contributed by atoms with Crippen molar-refractivity contribution < 1.29 is 14.7 Å². The summed E-state index contributed by atoms with van der Waals surface area (Å²) in [4.78, 5) is 41.4. The maximum atomic E-state index is 12.4. The lowest BCUT2D eigenvalue weighted by atomic mass is 10.1. The van der Waals surface area contributed by atoms with Crippen LogP contribution in [0.2, 0.25) is 0 Å². The van der Waals surface area contributed by atoms with Gasteiger partial charge in [0, 0.05) is 37.3 Å². The Hall–Kier alpha value is -3.79. The molecule has 9 nitrogen and oxygen atoms in total. The standard InChI is InChI=1S/C22H22N6O3S/c1-14-10-23-8-6-15(14)11-24-21(29)18-13-32-20(27-18)7-9-28(22(30)31)12-19-25-16-4-2-3-5-17(16)26-19/h2-6,8,10,13H,7,9,11-12H2,1H3,(H,24,29)(H,25,26)(H,30,31). The Kier molecular flexibility index (Phi) is 6.41. The Balaban J connectivity index is 1.33. The van der Waals surface area contributed by atoms with Crippen LogP contribution in [-0.4, -0.2) is 48.5 Å². The summed E-state index contributed by atoms with van der Waals surface area (Å²) in [6.45, 7) is 2.73. The number of pyridine rings is 1. The molecule has 3 heterocycles. The number of carboxylic acid groups (broad SMARTS) is 1. The molecule has 3 N–H and O–H groups in total. The fourth-order valence-electron chi connectivity index (χ4n) is 3.23. The maximum absolute atomic E-state index is 12.4. The van der Waals surface area contributed by atoms with E-state index < -0.39 is 6.09 Å². The highest BCUT2D eigenvalue weighted by Crippen LogP contribution is 2.15. The molecule has 4 rings (SSSR count). The van der Waals surface area contributed by atoms with Crippen molar-refractivity contribution in [2.24, 2.45) is 0 Å². The largest absolute Gasteiger partial charge is 0.465 e. The van der Waals surface area contributed by atoms with E-state index in [0.29, 0.717) is 29.5 Å². The topological polar surface area (TPSA) is 124 Å². The van der Waals surface area contributed by atoms with Gasteiger partial charge in [-0.05, 0) is 36.2 Å². The Labute approximate surface area is 188 Å². The lowest BCUT2D eigenvalue weighted by Gasteiger charge is -2.17. The van der Waals surface area contributed by atoms with E-state index in [1.54, 1.807) is 17.8 Å². The monoisotopic (exact) mass is 450 g/mol. The van der Waals surface area contributed by atoms with Crippen LogP contribution in [0.5, 0.6) is 0 Å². The van der Waals surface area contributed by atoms with E-state index in [-0.39, 0.29) is 19.0 Å². The zero-order chi connectivity index (χ0) is 22.5. The SMILES string of the molecule is Cc1cnccc1CNC(=O)c1csc(CCN(Cc2nc3ccccc3[nH]2)C(=O)O)n1. The third-order valence-electron chi connectivity index (χ3n) is 5.01. The van der Waals surface area contributed by atoms with Gasteiger partial charge in [-0.15, -0.1) is 11.3 Å². The van der Waals surface area contributed by atoms with Crippen molar-refractivity contribution in [2.75, 3.05) is 6.54 Å². The molecule has 0 spiro atoms. The molecule has 2 amide bonds. The van der Waals surface area contributed by atoms with E-state index in [0.717, 1.165) is 22.2 Å². The molecule has 0 aliphatic heterocycles. The molecule has 0 saturated carbocycles. The summed E-state index contributed by atoms with van der Waals surface area (Å²) in [5.41, 5.74) is 3.99. The molecule has 32 heavy (non-hydrogen) atoms. The number of rotatable bonds is 8.